The number of carbonyl (C=O) groups excluding carboxylic acids is 2. The maximum absolute atomic E-state index is 11.8. The van der Waals surface area contributed by atoms with E-state index in [-0.39, 0.29) is 24.3 Å². The maximum atomic E-state index is 11.8. The van der Waals surface area contributed by atoms with Crippen LogP contribution in [0.25, 0.3) is 0 Å². The highest BCUT2D eigenvalue weighted by molar-refractivity contribution is 7.08. The van der Waals surface area contributed by atoms with Gasteiger partial charge in [0.1, 0.15) is 4.88 Å². The van der Waals surface area contributed by atoms with Gasteiger partial charge in [-0.3, -0.25) is 9.59 Å². The number of carbonyl (C=O) groups is 2. The Morgan fingerprint density at radius 2 is 2.24 bits per heavy atom. The predicted molar refractivity (Wildman–Crippen MR) is 62.8 cm³/mol. The molecule has 1 aromatic rings. The van der Waals surface area contributed by atoms with Crippen LogP contribution in [0.2, 0.25) is 0 Å². The van der Waals surface area contributed by atoms with E-state index in [0.717, 1.165) is 11.5 Å². The highest BCUT2D eigenvalue weighted by Crippen LogP contribution is 2.11. The summed E-state index contributed by atoms with van der Waals surface area (Å²) in [5, 5.41) is 6.57. The molecule has 1 unspecified atom stereocenters. The zero-order valence-corrected chi connectivity index (χ0v) is 10.8. The third-order valence-electron chi connectivity index (χ3n) is 2.17. The van der Waals surface area contributed by atoms with Crippen LogP contribution in [-0.2, 0) is 16.0 Å². The summed E-state index contributed by atoms with van der Waals surface area (Å²) in [7, 11) is 1.32. The van der Waals surface area contributed by atoms with Crippen molar-refractivity contribution >= 4 is 23.4 Å². The summed E-state index contributed by atoms with van der Waals surface area (Å²) < 4.78 is 8.26. The molecule has 0 aromatic carbocycles. The molecule has 1 amide bonds. The van der Waals surface area contributed by atoms with Gasteiger partial charge in [0.05, 0.1) is 19.2 Å². The molecular formula is C10H15N3O3S. The largest absolute Gasteiger partial charge is 0.469 e. The predicted octanol–water partition coefficient (Wildman–Crippen LogP) is 0.782. The summed E-state index contributed by atoms with van der Waals surface area (Å²) in [4.78, 5) is 23.4. The smallest absolute Gasteiger partial charge is 0.307 e. The summed E-state index contributed by atoms with van der Waals surface area (Å²) in [6.45, 7) is 3.65. The molecule has 7 heteroatoms. The van der Waals surface area contributed by atoms with Crippen molar-refractivity contribution in [1.82, 2.24) is 14.9 Å². The van der Waals surface area contributed by atoms with E-state index in [9.17, 15) is 9.59 Å². The molecule has 0 radical (unpaired) electrons. The van der Waals surface area contributed by atoms with Crippen LogP contribution in [0.15, 0.2) is 0 Å². The van der Waals surface area contributed by atoms with Crippen molar-refractivity contribution in [3.63, 3.8) is 0 Å². The lowest BCUT2D eigenvalue weighted by molar-refractivity contribution is -0.141. The fourth-order valence-corrected chi connectivity index (χ4v) is 1.94. The van der Waals surface area contributed by atoms with Crippen LogP contribution in [0, 0.1) is 0 Å². The molecule has 17 heavy (non-hydrogen) atoms. The molecule has 1 atom stereocenters. The zero-order valence-electron chi connectivity index (χ0n) is 10.0. The monoisotopic (exact) mass is 257 g/mol. The molecule has 0 aliphatic carbocycles. The van der Waals surface area contributed by atoms with Gasteiger partial charge in [-0.15, -0.1) is 5.10 Å². The number of hydrogen-bond acceptors (Lipinski definition) is 6. The lowest BCUT2D eigenvalue weighted by Gasteiger charge is -2.11. The van der Waals surface area contributed by atoms with Gasteiger partial charge < -0.3 is 10.1 Å². The summed E-state index contributed by atoms with van der Waals surface area (Å²) in [5.41, 5.74) is 0.678. The number of esters is 1. The lowest BCUT2D eigenvalue weighted by Crippen LogP contribution is -2.34. The number of nitrogens with one attached hydrogen (secondary N) is 1. The Morgan fingerprint density at radius 1 is 1.53 bits per heavy atom. The summed E-state index contributed by atoms with van der Waals surface area (Å²) in [5.74, 6) is -0.593. The van der Waals surface area contributed by atoms with Gasteiger partial charge in [0.15, 0.2) is 0 Å². The Hall–Kier alpha value is -1.50. The summed E-state index contributed by atoms with van der Waals surface area (Å²) >= 11 is 1.06. The van der Waals surface area contributed by atoms with Crippen LogP contribution in [0.1, 0.15) is 35.6 Å². The van der Waals surface area contributed by atoms with Crippen molar-refractivity contribution in [2.24, 2.45) is 0 Å². The summed E-state index contributed by atoms with van der Waals surface area (Å²) in [6, 6.07) is -0.276. The second-order valence-corrected chi connectivity index (χ2v) is 4.31. The lowest BCUT2D eigenvalue weighted by atomic mass is 10.2. The molecule has 0 bridgehead atoms. The summed E-state index contributed by atoms with van der Waals surface area (Å²) in [6.07, 6.45) is 0.806. The van der Waals surface area contributed by atoms with Crippen molar-refractivity contribution in [3.05, 3.63) is 10.6 Å². The van der Waals surface area contributed by atoms with E-state index < -0.39 is 0 Å². The molecule has 1 rings (SSSR count). The SMILES string of the molecule is CCc1nnsc1C(=O)NC(C)CC(=O)OC. The first-order chi connectivity index (χ1) is 8.08. The number of rotatable bonds is 5. The second kappa shape index (κ2) is 6.29. The fraction of sp³-hybridized carbons (Fsp3) is 0.600. The van der Waals surface area contributed by atoms with Crippen LogP contribution < -0.4 is 5.32 Å². The maximum Gasteiger partial charge on any atom is 0.307 e. The first kappa shape index (κ1) is 13.6. The number of ether oxygens (including phenoxy) is 1. The molecule has 94 valence electrons. The number of hydrogen-bond donors (Lipinski definition) is 1. The van der Waals surface area contributed by atoms with E-state index in [0.29, 0.717) is 17.0 Å². The van der Waals surface area contributed by atoms with Crippen molar-refractivity contribution in [2.45, 2.75) is 32.7 Å². The van der Waals surface area contributed by atoms with E-state index in [1.807, 2.05) is 6.92 Å². The quantitative estimate of drug-likeness (QED) is 0.788. The average Bonchev–Trinajstić information content (AvgIpc) is 2.76. The minimum Gasteiger partial charge on any atom is -0.469 e. The van der Waals surface area contributed by atoms with Gasteiger partial charge in [-0.2, -0.15) is 0 Å². The molecule has 1 aromatic heterocycles. The Labute approximate surface area is 104 Å². The number of methoxy groups -OCH3 is 1. The molecule has 0 aliphatic heterocycles. The van der Waals surface area contributed by atoms with Crippen LogP contribution in [0.4, 0.5) is 0 Å². The molecule has 1 N–H and O–H groups in total. The first-order valence-corrected chi connectivity index (χ1v) is 6.04. The Morgan fingerprint density at radius 3 is 2.82 bits per heavy atom. The molecule has 1 heterocycles. The van der Waals surface area contributed by atoms with E-state index >= 15 is 0 Å². The number of aromatic nitrogens is 2. The van der Waals surface area contributed by atoms with Gasteiger partial charge in [-0.1, -0.05) is 11.4 Å². The molecule has 0 saturated heterocycles. The molecule has 6 nitrogen and oxygen atoms in total. The van der Waals surface area contributed by atoms with E-state index in [2.05, 4.69) is 19.6 Å². The van der Waals surface area contributed by atoms with Gasteiger partial charge >= 0.3 is 5.97 Å². The minimum absolute atomic E-state index is 0.149. The molecule has 0 spiro atoms. The number of nitrogens with zero attached hydrogens (tertiary/aromatic N) is 2. The van der Waals surface area contributed by atoms with Crippen LogP contribution >= 0.6 is 11.5 Å². The number of amides is 1. The molecule has 0 saturated carbocycles. The zero-order chi connectivity index (χ0) is 12.8. The van der Waals surface area contributed by atoms with Crippen LogP contribution in [0.3, 0.4) is 0 Å². The van der Waals surface area contributed by atoms with E-state index in [1.165, 1.54) is 7.11 Å². The Bertz CT molecular complexity index is 405. The highest BCUT2D eigenvalue weighted by atomic mass is 32.1. The van der Waals surface area contributed by atoms with E-state index in [4.69, 9.17) is 0 Å². The molecular weight excluding hydrogens is 242 g/mol. The number of aryl methyl sites for hydroxylation is 1. The third-order valence-corrected chi connectivity index (χ3v) is 2.94. The Kier molecular flexibility index (Phi) is 5.02. The standard InChI is InChI=1S/C10H15N3O3S/c1-4-7-9(17-13-12-7)10(15)11-6(2)5-8(14)16-3/h6H,4-5H2,1-3H3,(H,11,15). The molecule has 0 aliphatic rings. The van der Waals surface area contributed by atoms with Gasteiger partial charge in [-0.05, 0) is 24.9 Å². The highest BCUT2D eigenvalue weighted by Gasteiger charge is 2.18. The van der Waals surface area contributed by atoms with Gasteiger partial charge in [-0.25, -0.2) is 0 Å². The fourth-order valence-electron chi connectivity index (χ4n) is 1.29. The van der Waals surface area contributed by atoms with E-state index in [1.54, 1.807) is 6.92 Å². The van der Waals surface area contributed by atoms with Crippen LogP contribution in [-0.4, -0.2) is 34.6 Å². The Balaban J connectivity index is 2.57. The van der Waals surface area contributed by atoms with Crippen molar-refractivity contribution < 1.29 is 14.3 Å². The topological polar surface area (TPSA) is 81.2 Å². The van der Waals surface area contributed by atoms with Crippen molar-refractivity contribution in [1.29, 1.82) is 0 Å². The van der Waals surface area contributed by atoms with Crippen LogP contribution in [0.5, 0.6) is 0 Å². The van der Waals surface area contributed by atoms with Gasteiger partial charge in [0.2, 0.25) is 0 Å². The normalized spacial score (nSPS) is 11.9. The second-order valence-electron chi connectivity index (χ2n) is 3.56. The third kappa shape index (κ3) is 3.77. The van der Waals surface area contributed by atoms with Gasteiger partial charge in [0.25, 0.3) is 5.91 Å². The van der Waals surface area contributed by atoms with Gasteiger partial charge in [0, 0.05) is 6.04 Å². The van der Waals surface area contributed by atoms with Crippen molar-refractivity contribution in [3.8, 4) is 0 Å². The average molecular weight is 257 g/mol. The first-order valence-electron chi connectivity index (χ1n) is 5.27. The van der Waals surface area contributed by atoms with Crippen molar-refractivity contribution in [2.75, 3.05) is 7.11 Å². The molecule has 0 fully saturated rings. The minimum atomic E-state index is -0.351.